The maximum atomic E-state index is 13.2. The van der Waals surface area contributed by atoms with Crippen molar-refractivity contribution in [1.29, 1.82) is 0 Å². The van der Waals surface area contributed by atoms with Crippen molar-refractivity contribution in [3.63, 3.8) is 0 Å². The molecule has 1 aliphatic heterocycles. The summed E-state index contributed by atoms with van der Waals surface area (Å²) in [5.41, 5.74) is 0.595. The number of carbonyl (C=O) groups excluding carboxylic acids is 1. The van der Waals surface area contributed by atoms with Crippen molar-refractivity contribution in [3.8, 4) is 11.5 Å². The van der Waals surface area contributed by atoms with Crippen molar-refractivity contribution < 1.29 is 14.3 Å². The zero-order valence-corrected chi connectivity index (χ0v) is 15.6. The lowest BCUT2D eigenvalue weighted by Gasteiger charge is -2.35. The molecule has 0 aliphatic carbocycles. The van der Waals surface area contributed by atoms with Crippen LogP contribution in [0.15, 0.2) is 30.6 Å². The van der Waals surface area contributed by atoms with Gasteiger partial charge in [0, 0.05) is 44.6 Å². The zero-order valence-electron chi connectivity index (χ0n) is 15.6. The summed E-state index contributed by atoms with van der Waals surface area (Å²) < 4.78 is 13.2. The summed E-state index contributed by atoms with van der Waals surface area (Å²) in [5, 5.41) is 3.35. The zero-order chi connectivity index (χ0) is 18.5. The van der Waals surface area contributed by atoms with E-state index in [1.165, 1.54) is 0 Å². The lowest BCUT2D eigenvalue weighted by Crippen LogP contribution is -2.49. The van der Waals surface area contributed by atoms with Gasteiger partial charge in [-0.25, -0.2) is 4.98 Å². The minimum atomic E-state index is -0.0987. The van der Waals surface area contributed by atoms with Crippen LogP contribution >= 0.6 is 0 Å². The number of nitrogens with one attached hydrogen (secondary N) is 1. The molecule has 26 heavy (non-hydrogen) atoms. The van der Waals surface area contributed by atoms with Crippen LogP contribution in [0.5, 0.6) is 11.5 Å². The van der Waals surface area contributed by atoms with Gasteiger partial charge in [0.2, 0.25) is 0 Å². The smallest absolute Gasteiger partial charge is 0.254 e. The fourth-order valence-corrected chi connectivity index (χ4v) is 3.23. The Labute approximate surface area is 153 Å². The topological polar surface area (TPSA) is 68.6 Å². The largest absolute Gasteiger partial charge is 0.490 e. The first kappa shape index (κ1) is 18.3. The normalized spacial score (nSPS) is 17.2. The van der Waals surface area contributed by atoms with E-state index >= 15 is 0 Å². The van der Waals surface area contributed by atoms with Crippen LogP contribution in [-0.2, 0) is 7.05 Å². The van der Waals surface area contributed by atoms with Gasteiger partial charge in [-0.3, -0.25) is 4.79 Å². The van der Waals surface area contributed by atoms with E-state index in [1.807, 2.05) is 36.6 Å². The summed E-state index contributed by atoms with van der Waals surface area (Å²) in [5.74, 6) is 2.11. The van der Waals surface area contributed by atoms with E-state index in [1.54, 1.807) is 24.4 Å². The van der Waals surface area contributed by atoms with E-state index in [0.29, 0.717) is 43.4 Å². The predicted molar refractivity (Wildman–Crippen MR) is 98.6 cm³/mol. The molecule has 1 aliphatic rings. The van der Waals surface area contributed by atoms with Gasteiger partial charge in [-0.15, -0.1) is 0 Å². The van der Waals surface area contributed by atoms with E-state index in [4.69, 9.17) is 9.47 Å². The van der Waals surface area contributed by atoms with Crippen molar-refractivity contribution in [2.75, 3.05) is 32.8 Å². The van der Waals surface area contributed by atoms with Crippen LogP contribution < -0.4 is 14.8 Å². The Balaban J connectivity index is 1.89. The number of amides is 1. The van der Waals surface area contributed by atoms with Gasteiger partial charge in [-0.1, -0.05) is 0 Å². The number of ether oxygens (including phenoxy) is 2. The first-order valence-corrected chi connectivity index (χ1v) is 9.04. The third-order valence-electron chi connectivity index (χ3n) is 4.45. The van der Waals surface area contributed by atoms with Crippen LogP contribution in [0.2, 0.25) is 0 Å². The van der Waals surface area contributed by atoms with E-state index in [0.717, 1.165) is 12.4 Å². The molecule has 0 bridgehead atoms. The molecule has 1 N–H and O–H groups in total. The molecule has 1 unspecified atom stereocenters. The molecule has 2 heterocycles. The van der Waals surface area contributed by atoms with E-state index in [2.05, 4.69) is 10.3 Å². The van der Waals surface area contributed by atoms with Gasteiger partial charge >= 0.3 is 0 Å². The van der Waals surface area contributed by atoms with Crippen molar-refractivity contribution in [2.24, 2.45) is 7.05 Å². The second-order valence-corrected chi connectivity index (χ2v) is 6.14. The Kier molecular flexibility index (Phi) is 5.78. The fraction of sp³-hybridized carbons (Fsp3) is 0.474. The highest BCUT2D eigenvalue weighted by molar-refractivity contribution is 5.95. The third kappa shape index (κ3) is 3.67. The number of hydrogen-bond acceptors (Lipinski definition) is 5. The minimum Gasteiger partial charge on any atom is -0.490 e. The van der Waals surface area contributed by atoms with Gasteiger partial charge in [-0.2, -0.15) is 0 Å². The summed E-state index contributed by atoms with van der Waals surface area (Å²) in [6.45, 7) is 6.99. The predicted octanol–water partition coefficient (Wildman–Crippen LogP) is 2.00. The minimum absolute atomic E-state index is 0.0245. The van der Waals surface area contributed by atoms with Gasteiger partial charge in [0.15, 0.2) is 11.5 Å². The summed E-state index contributed by atoms with van der Waals surface area (Å²) >= 11 is 0. The molecular formula is C19H26N4O3. The average molecular weight is 358 g/mol. The number of rotatable bonds is 6. The molecular weight excluding hydrogens is 332 g/mol. The third-order valence-corrected chi connectivity index (χ3v) is 4.45. The molecule has 1 aromatic heterocycles. The molecule has 0 saturated carbocycles. The molecule has 1 fully saturated rings. The lowest BCUT2D eigenvalue weighted by atomic mass is 10.1. The van der Waals surface area contributed by atoms with Crippen molar-refractivity contribution >= 4 is 5.91 Å². The second kappa shape index (κ2) is 8.23. The summed E-state index contributed by atoms with van der Waals surface area (Å²) in [7, 11) is 1.95. The Hall–Kier alpha value is -2.54. The number of nitrogens with zero attached hydrogens (tertiary/aromatic N) is 3. The van der Waals surface area contributed by atoms with Crippen LogP contribution in [-0.4, -0.2) is 53.2 Å². The van der Waals surface area contributed by atoms with Gasteiger partial charge in [0.25, 0.3) is 5.91 Å². The Bertz CT molecular complexity index is 759. The van der Waals surface area contributed by atoms with Crippen LogP contribution in [0.25, 0.3) is 0 Å². The van der Waals surface area contributed by atoms with Crippen LogP contribution in [0.3, 0.4) is 0 Å². The summed E-state index contributed by atoms with van der Waals surface area (Å²) in [4.78, 5) is 19.5. The quantitative estimate of drug-likeness (QED) is 0.855. The monoisotopic (exact) mass is 358 g/mol. The molecule has 0 spiro atoms. The van der Waals surface area contributed by atoms with Gasteiger partial charge < -0.3 is 24.3 Å². The Morgan fingerprint density at radius 1 is 1.27 bits per heavy atom. The van der Waals surface area contributed by atoms with Gasteiger partial charge in [-0.05, 0) is 32.0 Å². The van der Waals surface area contributed by atoms with Gasteiger partial charge in [0.05, 0.1) is 13.2 Å². The highest BCUT2D eigenvalue weighted by Gasteiger charge is 2.31. The first-order chi connectivity index (χ1) is 12.7. The van der Waals surface area contributed by atoms with Crippen molar-refractivity contribution in [2.45, 2.75) is 19.9 Å². The van der Waals surface area contributed by atoms with E-state index in [-0.39, 0.29) is 11.9 Å². The highest BCUT2D eigenvalue weighted by atomic mass is 16.5. The Morgan fingerprint density at radius 2 is 2.04 bits per heavy atom. The second-order valence-electron chi connectivity index (χ2n) is 6.14. The molecule has 1 saturated heterocycles. The lowest BCUT2D eigenvalue weighted by molar-refractivity contribution is 0.0620. The first-order valence-electron chi connectivity index (χ1n) is 9.04. The molecule has 0 radical (unpaired) electrons. The standard InChI is InChI=1S/C19H26N4O3/c1-4-25-16-7-6-14(12-17(16)26-5-2)19(24)23-11-8-20-13-15(23)18-21-9-10-22(18)3/h6-7,9-10,12,15,20H,4-5,8,11,13H2,1-3H3. The molecule has 2 aromatic rings. The number of aromatic nitrogens is 2. The van der Waals surface area contributed by atoms with Crippen LogP contribution in [0.1, 0.15) is 36.1 Å². The van der Waals surface area contributed by atoms with Crippen LogP contribution in [0, 0.1) is 0 Å². The number of aryl methyl sites for hydroxylation is 1. The van der Waals surface area contributed by atoms with E-state index < -0.39 is 0 Å². The summed E-state index contributed by atoms with van der Waals surface area (Å²) in [6, 6.07) is 5.28. The molecule has 3 rings (SSSR count). The average Bonchev–Trinajstić information content (AvgIpc) is 3.09. The number of piperazine rings is 1. The fourth-order valence-electron chi connectivity index (χ4n) is 3.23. The van der Waals surface area contributed by atoms with Crippen molar-refractivity contribution in [1.82, 2.24) is 19.8 Å². The molecule has 7 heteroatoms. The number of carbonyl (C=O) groups is 1. The molecule has 1 atom stereocenters. The SMILES string of the molecule is CCOc1ccc(C(=O)N2CCNCC2c2nccn2C)cc1OCC. The molecule has 7 nitrogen and oxygen atoms in total. The highest BCUT2D eigenvalue weighted by Crippen LogP contribution is 2.30. The van der Waals surface area contributed by atoms with Crippen molar-refractivity contribution in [3.05, 3.63) is 42.0 Å². The maximum absolute atomic E-state index is 13.2. The number of hydrogen-bond donors (Lipinski definition) is 1. The number of imidazole rings is 1. The summed E-state index contributed by atoms with van der Waals surface area (Å²) in [6.07, 6.45) is 3.66. The Morgan fingerprint density at radius 3 is 2.73 bits per heavy atom. The molecule has 1 amide bonds. The molecule has 1 aromatic carbocycles. The van der Waals surface area contributed by atoms with E-state index in [9.17, 15) is 4.79 Å². The van der Waals surface area contributed by atoms with Gasteiger partial charge in [0.1, 0.15) is 11.9 Å². The molecule has 140 valence electrons. The van der Waals surface area contributed by atoms with Crippen LogP contribution in [0.4, 0.5) is 0 Å². The number of benzene rings is 1. The maximum Gasteiger partial charge on any atom is 0.254 e.